The molecule has 1 atom stereocenters. The van der Waals surface area contributed by atoms with Crippen LogP contribution in [0.1, 0.15) is 30.6 Å². The molecule has 0 saturated heterocycles. The Labute approximate surface area is 120 Å². The number of carboxylic acids is 1. The molecule has 1 aromatic carbocycles. The van der Waals surface area contributed by atoms with Gasteiger partial charge in [-0.2, -0.15) is 4.39 Å². The zero-order valence-corrected chi connectivity index (χ0v) is 11.6. The highest BCUT2D eigenvalue weighted by Gasteiger charge is 2.25. The van der Waals surface area contributed by atoms with Crippen molar-refractivity contribution in [3.63, 3.8) is 0 Å². The second-order valence-corrected chi connectivity index (χ2v) is 4.51. The highest BCUT2D eigenvalue weighted by atomic mass is 19.1. The van der Waals surface area contributed by atoms with Crippen molar-refractivity contribution in [1.29, 1.82) is 0 Å². The van der Waals surface area contributed by atoms with Crippen molar-refractivity contribution in [2.75, 3.05) is 6.54 Å². The summed E-state index contributed by atoms with van der Waals surface area (Å²) in [6, 6.07) is 2.37. The van der Waals surface area contributed by atoms with Crippen molar-refractivity contribution in [2.45, 2.75) is 26.3 Å². The van der Waals surface area contributed by atoms with Crippen molar-refractivity contribution in [3.05, 3.63) is 39.7 Å². The van der Waals surface area contributed by atoms with E-state index in [1.54, 1.807) is 13.8 Å². The third-order valence-electron chi connectivity index (χ3n) is 3.08. The molecule has 114 valence electrons. The van der Waals surface area contributed by atoms with E-state index < -0.39 is 34.8 Å². The number of nitro benzene ring substituents is 1. The van der Waals surface area contributed by atoms with E-state index >= 15 is 0 Å². The quantitative estimate of drug-likeness (QED) is 0.640. The Bertz CT molecular complexity index is 576. The molecule has 21 heavy (non-hydrogen) atoms. The molecule has 0 radical (unpaired) electrons. The predicted molar refractivity (Wildman–Crippen MR) is 71.5 cm³/mol. The van der Waals surface area contributed by atoms with Gasteiger partial charge >= 0.3 is 11.7 Å². The highest BCUT2D eigenvalue weighted by molar-refractivity contribution is 5.96. The van der Waals surface area contributed by atoms with Crippen LogP contribution in [0.5, 0.6) is 0 Å². The summed E-state index contributed by atoms with van der Waals surface area (Å²) in [7, 11) is 0. The van der Waals surface area contributed by atoms with Gasteiger partial charge in [0.15, 0.2) is 0 Å². The first-order valence-corrected chi connectivity index (χ1v) is 6.24. The van der Waals surface area contributed by atoms with Crippen LogP contribution in [0, 0.1) is 15.9 Å². The molecular formula is C13H15FN2O5. The fraction of sp³-hybridized carbons (Fsp3) is 0.385. The SMILES string of the molecule is CCC(C)N(CC(=O)O)C(=O)c1ccc(F)c([N+](=O)[O-])c1. The Balaban J connectivity index is 3.17. The molecule has 0 fully saturated rings. The van der Waals surface area contributed by atoms with Crippen LogP contribution in [-0.2, 0) is 4.79 Å². The maximum atomic E-state index is 13.3. The summed E-state index contributed by atoms with van der Waals surface area (Å²) in [4.78, 5) is 33.9. The second-order valence-electron chi connectivity index (χ2n) is 4.51. The molecule has 1 rings (SSSR count). The van der Waals surface area contributed by atoms with Crippen molar-refractivity contribution < 1.29 is 24.0 Å². The Morgan fingerprint density at radius 1 is 1.48 bits per heavy atom. The van der Waals surface area contributed by atoms with E-state index in [1.807, 2.05) is 0 Å². The van der Waals surface area contributed by atoms with E-state index in [-0.39, 0.29) is 11.6 Å². The van der Waals surface area contributed by atoms with Gasteiger partial charge in [-0.1, -0.05) is 6.92 Å². The Kier molecular flexibility index (Phi) is 5.34. The number of halogens is 1. The number of hydrogen-bond donors (Lipinski definition) is 1. The van der Waals surface area contributed by atoms with E-state index in [0.29, 0.717) is 6.42 Å². The lowest BCUT2D eigenvalue weighted by Crippen LogP contribution is -2.41. The predicted octanol–water partition coefficient (Wildman–Crippen LogP) is 2.06. The summed E-state index contributed by atoms with van der Waals surface area (Å²) >= 11 is 0. The summed E-state index contributed by atoms with van der Waals surface area (Å²) in [5, 5.41) is 19.5. The molecule has 0 aromatic heterocycles. The number of hydrogen-bond acceptors (Lipinski definition) is 4. The molecule has 0 aliphatic heterocycles. The lowest BCUT2D eigenvalue weighted by Gasteiger charge is -2.26. The average Bonchev–Trinajstić information content (AvgIpc) is 2.43. The van der Waals surface area contributed by atoms with Gasteiger partial charge in [0.25, 0.3) is 5.91 Å². The number of amides is 1. The number of nitrogens with zero attached hydrogens (tertiary/aromatic N) is 2. The van der Waals surface area contributed by atoms with Gasteiger partial charge in [-0.05, 0) is 25.5 Å². The van der Waals surface area contributed by atoms with Gasteiger partial charge in [-0.25, -0.2) is 0 Å². The first kappa shape index (κ1) is 16.5. The molecule has 0 spiro atoms. The molecule has 0 heterocycles. The smallest absolute Gasteiger partial charge is 0.323 e. The zero-order valence-electron chi connectivity index (χ0n) is 11.6. The number of benzene rings is 1. The number of rotatable bonds is 6. The van der Waals surface area contributed by atoms with Gasteiger partial charge < -0.3 is 10.0 Å². The molecule has 0 bridgehead atoms. The summed E-state index contributed by atoms with van der Waals surface area (Å²) in [6.45, 7) is 2.91. The largest absolute Gasteiger partial charge is 0.480 e. The second kappa shape index (κ2) is 6.78. The van der Waals surface area contributed by atoms with Gasteiger partial charge in [0.05, 0.1) is 4.92 Å². The number of carbonyl (C=O) groups excluding carboxylic acids is 1. The van der Waals surface area contributed by atoms with E-state index in [0.717, 1.165) is 23.1 Å². The Morgan fingerprint density at radius 2 is 2.10 bits per heavy atom. The minimum absolute atomic E-state index is 0.121. The van der Waals surface area contributed by atoms with Crippen LogP contribution in [0.15, 0.2) is 18.2 Å². The number of carbonyl (C=O) groups is 2. The van der Waals surface area contributed by atoms with Crippen molar-refractivity contribution in [3.8, 4) is 0 Å². The topological polar surface area (TPSA) is 101 Å². The van der Waals surface area contributed by atoms with Gasteiger partial charge in [0.1, 0.15) is 6.54 Å². The molecule has 0 aliphatic carbocycles. The normalized spacial score (nSPS) is 11.8. The van der Waals surface area contributed by atoms with Crippen molar-refractivity contribution in [1.82, 2.24) is 4.90 Å². The van der Waals surface area contributed by atoms with Crippen LogP contribution >= 0.6 is 0 Å². The van der Waals surface area contributed by atoms with E-state index in [9.17, 15) is 24.1 Å². The monoisotopic (exact) mass is 298 g/mol. The van der Waals surface area contributed by atoms with Crippen LogP contribution in [0.25, 0.3) is 0 Å². The van der Waals surface area contributed by atoms with Crippen LogP contribution in [0.2, 0.25) is 0 Å². The summed E-state index contributed by atoms with van der Waals surface area (Å²) in [5.41, 5.74) is -0.940. The fourth-order valence-electron chi connectivity index (χ4n) is 1.75. The third-order valence-corrected chi connectivity index (χ3v) is 3.08. The lowest BCUT2D eigenvalue weighted by molar-refractivity contribution is -0.387. The van der Waals surface area contributed by atoms with E-state index in [2.05, 4.69) is 0 Å². The van der Waals surface area contributed by atoms with Crippen LogP contribution in [0.4, 0.5) is 10.1 Å². The lowest BCUT2D eigenvalue weighted by atomic mass is 10.1. The Morgan fingerprint density at radius 3 is 2.57 bits per heavy atom. The summed E-state index contributed by atoms with van der Waals surface area (Å²) < 4.78 is 13.3. The Hall–Kier alpha value is -2.51. The first-order valence-electron chi connectivity index (χ1n) is 6.24. The molecule has 1 aromatic rings. The number of aliphatic carboxylic acids is 1. The van der Waals surface area contributed by atoms with E-state index in [4.69, 9.17) is 5.11 Å². The maximum Gasteiger partial charge on any atom is 0.323 e. The van der Waals surface area contributed by atoms with E-state index in [1.165, 1.54) is 0 Å². The number of nitro groups is 1. The van der Waals surface area contributed by atoms with Crippen molar-refractivity contribution >= 4 is 17.6 Å². The van der Waals surface area contributed by atoms with Crippen LogP contribution < -0.4 is 0 Å². The van der Waals surface area contributed by atoms with Crippen LogP contribution in [-0.4, -0.2) is 39.4 Å². The van der Waals surface area contributed by atoms with Gasteiger partial charge in [0.2, 0.25) is 5.82 Å². The molecule has 1 N–H and O–H groups in total. The molecule has 1 unspecified atom stereocenters. The number of carboxylic acid groups (broad SMARTS) is 1. The van der Waals surface area contributed by atoms with Crippen molar-refractivity contribution in [2.24, 2.45) is 0 Å². The van der Waals surface area contributed by atoms with Crippen LogP contribution in [0.3, 0.4) is 0 Å². The molecule has 8 heteroatoms. The first-order chi connectivity index (χ1) is 9.77. The van der Waals surface area contributed by atoms with Gasteiger partial charge in [-0.3, -0.25) is 19.7 Å². The molecule has 0 saturated carbocycles. The maximum absolute atomic E-state index is 13.3. The third kappa shape index (κ3) is 3.98. The average molecular weight is 298 g/mol. The van der Waals surface area contributed by atoms with Gasteiger partial charge in [0, 0.05) is 17.7 Å². The molecule has 1 amide bonds. The molecule has 0 aliphatic rings. The summed E-state index contributed by atoms with van der Waals surface area (Å²) in [5.74, 6) is -2.93. The zero-order chi connectivity index (χ0) is 16.2. The standard InChI is InChI=1S/C13H15FN2O5/c1-3-8(2)15(7-12(17)18)13(19)9-4-5-10(14)11(6-9)16(20)21/h4-6,8H,3,7H2,1-2H3,(H,17,18). The molecular weight excluding hydrogens is 283 g/mol. The van der Waals surface area contributed by atoms with Gasteiger partial charge in [-0.15, -0.1) is 0 Å². The summed E-state index contributed by atoms with van der Waals surface area (Å²) in [6.07, 6.45) is 0.516. The highest BCUT2D eigenvalue weighted by Crippen LogP contribution is 2.20. The fourth-order valence-corrected chi connectivity index (χ4v) is 1.75. The minimum atomic E-state index is -1.19. The minimum Gasteiger partial charge on any atom is -0.480 e. The molecule has 7 nitrogen and oxygen atoms in total.